The van der Waals surface area contributed by atoms with Crippen molar-refractivity contribution in [3.63, 3.8) is 0 Å². The van der Waals surface area contributed by atoms with Crippen LogP contribution in [0.2, 0.25) is 0 Å². The molecule has 100 valence electrons. The predicted octanol–water partition coefficient (Wildman–Crippen LogP) is 3.33. The number of ether oxygens (including phenoxy) is 1. The molecule has 0 saturated carbocycles. The monoisotopic (exact) mass is 248 g/mol. The highest BCUT2D eigenvalue weighted by Gasteiger charge is 2.22. The van der Waals surface area contributed by atoms with Crippen LogP contribution in [0.5, 0.6) is 0 Å². The predicted molar refractivity (Wildman–Crippen MR) is 73.6 cm³/mol. The van der Waals surface area contributed by atoms with Crippen LogP contribution in [0.3, 0.4) is 0 Å². The fraction of sp³-hybridized carbons (Fsp3) is 0.625. The largest absolute Gasteiger partial charge is 0.390 e. The Hall–Kier alpha value is -0.860. The summed E-state index contributed by atoms with van der Waals surface area (Å²) in [4.78, 5) is 0. The van der Waals surface area contributed by atoms with Gasteiger partial charge in [-0.05, 0) is 44.6 Å². The lowest BCUT2D eigenvalue weighted by molar-refractivity contribution is 0.0406. The summed E-state index contributed by atoms with van der Waals surface area (Å²) in [7, 11) is 0. The minimum Gasteiger partial charge on any atom is -0.390 e. The second-order valence-electron chi connectivity index (χ2n) is 5.69. The van der Waals surface area contributed by atoms with Gasteiger partial charge in [0.2, 0.25) is 0 Å². The van der Waals surface area contributed by atoms with Crippen molar-refractivity contribution in [2.45, 2.75) is 57.2 Å². The summed E-state index contributed by atoms with van der Waals surface area (Å²) in [5, 5.41) is 10.4. The average Bonchev–Trinajstić information content (AvgIpc) is 2.82. The first-order chi connectivity index (χ1) is 8.66. The Morgan fingerprint density at radius 2 is 2.11 bits per heavy atom. The van der Waals surface area contributed by atoms with Crippen molar-refractivity contribution in [2.75, 3.05) is 6.61 Å². The van der Waals surface area contributed by atoms with E-state index in [1.165, 1.54) is 18.4 Å². The zero-order valence-corrected chi connectivity index (χ0v) is 11.3. The van der Waals surface area contributed by atoms with E-state index in [9.17, 15) is 5.11 Å². The van der Waals surface area contributed by atoms with Crippen molar-refractivity contribution < 1.29 is 9.84 Å². The van der Waals surface area contributed by atoms with Gasteiger partial charge in [0, 0.05) is 13.0 Å². The number of rotatable bonds is 6. The molecular weight excluding hydrogens is 224 g/mol. The van der Waals surface area contributed by atoms with Gasteiger partial charge in [0.15, 0.2) is 0 Å². The van der Waals surface area contributed by atoms with Gasteiger partial charge in [-0.15, -0.1) is 0 Å². The van der Waals surface area contributed by atoms with Gasteiger partial charge in [-0.25, -0.2) is 0 Å². The molecule has 0 amide bonds. The molecule has 2 heteroatoms. The standard InChI is InChI=1S/C16H24O2/c1-16(17,13-14-7-3-2-4-8-14)11-5-9-15-10-6-12-18-15/h2-4,7-8,15,17H,5-6,9-13H2,1H3. The van der Waals surface area contributed by atoms with Crippen LogP contribution in [0.4, 0.5) is 0 Å². The smallest absolute Gasteiger partial charge is 0.0660 e. The quantitative estimate of drug-likeness (QED) is 0.836. The molecule has 2 nitrogen and oxygen atoms in total. The summed E-state index contributed by atoms with van der Waals surface area (Å²) in [6.45, 7) is 2.86. The van der Waals surface area contributed by atoms with E-state index in [4.69, 9.17) is 4.74 Å². The van der Waals surface area contributed by atoms with Gasteiger partial charge < -0.3 is 9.84 Å². The van der Waals surface area contributed by atoms with Crippen molar-refractivity contribution in [2.24, 2.45) is 0 Å². The molecule has 1 fully saturated rings. The number of aliphatic hydroxyl groups is 1. The molecule has 1 saturated heterocycles. The lowest BCUT2D eigenvalue weighted by Gasteiger charge is -2.24. The zero-order chi connectivity index (χ0) is 12.8. The van der Waals surface area contributed by atoms with E-state index < -0.39 is 5.60 Å². The first-order valence-corrected chi connectivity index (χ1v) is 7.04. The van der Waals surface area contributed by atoms with E-state index in [-0.39, 0.29) is 0 Å². The molecular formula is C16H24O2. The Bertz CT molecular complexity index is 339. The second-order valence-corrected chi connectivity index (χ2v) is 5.69. The molecule has 18 heavy (non-hydrogen) atoms. The summed E-state index contributed by atoms with van der Waals surface area (Å²) in [5.41, 5.74) is 0.611. The van der Waals surface area contributed by atoms with Crippen LogP contribution in [0.1, 0.15) is 44.6 Å². The highest BCUT2D eigenvalue weighted by Crippen LogP contribution is 2.23. The van der Waals surface area contributed by atoms with E-state index in [1.54, 1.807) is 0 Å². The number of benzene rings is 1. The maximum Gasteiger partial charge on any atom is 0.0660 e. The molecule has 1 heterocycles. The van der Waals surface area contributed by atoms with Gasteiger partial charge in [0.1, 0.15) is 0 Å². The Kier molecular flexibility index (Phi) is 4.79. The molecule has 0 aliphatic carbocycles. The molecule has 1 N–H and O–H groups in total. The zero-order valence-electron chi connectivity index (χ0n) is 11.3. The first-order valence-electron chi connectivity index (χ1n) is 7.04. The Morgan fingerprint density at radius 1 is 1.33 bits per heavy atom. The highest BCUT2D eigenvalue weighted by molar-refractivity contribution is 5.16. The SMILES string of the molecule is CC(O)(CCCC1CCCO1)Cc1ccccc1. The van der Waals surface area contributed by atoms with Crippen molar-refractivity contribution in [1.29, 1.82) is 0 Å². The fourth-order valence-corrected chi connectivity index (χ4v) is 2.71. The molecule has 1 aliphatic heterocycles. The summed E-state index contributed by atoms with van der Waals surface area (Å²) < 4.78 is 5.60. The molecule has 0 radical (unpaired) electrons. The lowest BCUT2D eigenvalue weighted by Crippen LogP contribution is -2.27. The van der Waals surface area contributed by atoms with Crippen LogP contribution in [-0.2, 0) is 11.2 Å². The van der Waals surface area contributed by atoms with Crippen molar-refractivity contribution in [1.82, 2.24) is 0 Å². The van der Waals surface area contributed by atoms with Crippen LogP contribution in [0, 0.1) is 0 Å². The molecule has 1 aliphatic rings. The van der Waals surface area contributed by atoms with Crippen LogP contribution in [-0.4, -0.2) is 23.4 Å². The molecule has 1 aromatic rings. The molecule has 2 rings (SSSR count). The Labute approximate surface area is 110 Å². The number of hydrogen-bond acceptors (Lipinski definition) is 2. The van der Waals surface area contributed by atoms with Gasteiger partial charge in [-0.1, -0.05) is 30.3 Å². The maximum absolute atomic E-state index is 10.4. The maximum atomic E-state index is 10.4. The second kappa shape index (κ2) is 6.35. The van der Waals surface area contributed by atoms with Crippen molar-refractivity contribution in [3.05, 3.63) is 35.9 Å². The summed E-state index contributed by atoms with van der Waals surface area (Å²) in [5.74, 6) is 0. The Morgan fingerprint density at radius 3 is 2.78 bits per heavy atom. The van der Waals surface area contributed by atoms with Gasteiger partial charge in [0.05, 0.1) is 11.7 Å². The molecule has 2 unspecified atom stereocenters. The van der Waals surface area contributed by atoms with Gasteiger partial charge in [-0.3, -0.25) is 0 Å². The van der Waals surface area contributed by atoms with E-state index in [0.29, 0.717) is 6.10 Å². The molecule has 0 spiro atoms. The van der Waals surface area contributed by atoms with Crippen LogP contribution in [0.25, 0.3) is 0 Å². The van der Waals surface area contributed by atoms with E-state index >= 15 is 0 Å². The molecule has 1 aromatic carbocycles. The third-order valence-corrected chi connectivity index (χ3v) is 3.69. The van der Waals surface area contributed by atoms with E-state index in [1.807, 2.05) is 25.1 Å². The topological polar surface area (TPSA) is 29.5 Å². The number of hydrogen-bond donors (Lipinski definition) is 1. The highest BCUT2D eigenvalue weighted by atomic mass is 16.5. The Balaban J connectivity index is 1.73. The van der Waals surface area contributed by atoms with Gasteiger partial charge in [-0.2, -0.15) is 0 Å². The third-order valence-electron chi connectivity index (χ3n) is 3.69. The molecule has 0 bridgehead atoms. The van der Waals surface area contributed by atoms with Crippen molar-refractivity contribution >= 4 is 0 Å². The summed E-state index contributed by atoms with van der Waals surface area (Å²) in [6, 6.07) is 10.2. The third kappa shape index (κ3) is 4.43. The van der Waals surface area contributed by atoms with Crippen LogP contribution < -0.4 is 0 Å². The van der Waals surface area contributed by atoms with Gasteiger partial charge in [0.25, 0.3) is 0 Å². The average molecular weight is 248 g/mol. The molecule has 2 atom stereocenters. The molecule has 0 aromatic heterocycles. The van der Waals surface area contributed by atoms with Crippen molar-refractivity contribution in [3.8, 4) is 0 Å². The summed E-state index contributed by atoms with van der Waals surface area (Å²) >= 11 is 0. The lowest BCUT2D eigenvalue weighted by atomic mass is 9.90. The normalized spacial score (nSPS) is 22.9. The van der Waals surface area contributed by atoms with E-state index in [2.05, 4.69) is 12.1 Å². The minimum atomic E-state index is -0.597. The van der Waals surface area contributed by atoms with E-state index in [0.717, 1.165) is 32.3 Å². The van der Waals surface area contributed by atoms with Crippen LogP contribution in [0.15, 0.2) is 30.3 Å². The van der Waals surface area contributed by atoms with Crippen LogP contribution >= 0.6 is 0 Å². The minimum absolute atomic E-state index is 0.442. The first kappa shape index (κ1) is 13.6. The van der Waals surface area contributed by atoms with Gasteiger partial charge >= 0.3 is 0 Å². The summed E-state index contributed by atoms with van der Waals surface area (Å²) in [6.07, 6.45) is 6.56. The fourth-order valence-electron chi connectivity index (χ4n) is 2.71.